The number of carbonyl (C=O) groups excluding carboxylic acids is 1. The molecule has 0 bridgehead atoms. The third-order valence-electron chi connectivity index (χ3n) is 1.08. The first-order valence-electron chi connectivity index (χ1n) is 3.22. The van der Waals surface area contributed by atoms with Gasteiger partial charge in [0.1, 0.15) is 6.10 Å². The molecule has 0 aliphatic carbocycles. The van der Waals surface area contributed by atoms with E-state index in [0.29, 0.717) is 6.42 Å². The molecule has 0 fully saturated rings. The SMILES string of the molecule is C=CCC(C=C)OC(=O)OC. The standard InChI is InChI=1S/C8H12O3/c1-4-6-7(5-2)11-8(9)10-3/h4-5,7H,1-2,6H2,3H3. The number of hydrogen-bond donors (Lipinski definition) is 0. The summed E-state index contributed by atoms with van der Waals surface area (Å²) in [5.41, 5.74) is 0. The van der Waals surface area contributed by atoms with Crippen LogP contribution in [-0.2, 0) is 9.47 Å². The summed E-state index contributed by atoms with van der Waals surface area (Å²) >= 11 is 0. The molecule has 0 amide bonds. The largest absolute Gasteiger partial charge is 0.508 e. The zero-order valence-electron chi connectivity index (χ0n) is 6.58. The van der Waals surface area contributed by atoms with Gasteiger partial charge in [0.15, 0.2) is 0 Å². The van der Waals surface area contributed by atoms with Crippen molar-refractivity contribution in [2.75, 3.05) is 7.11 Å². The molecule has 11 heavy (non-hydrogen) atoms. The van der Waals surface area contributed by atoms with E-state index in [1.54, 1.807) is 6.08 Å². The molecule has 3 nitrogen and oxygen atoms in total. The van der Waals surface area contributed by atoms with Gasteiger partial charge in [-0.25, -0.2) is 4.79 Å². The molecule has 62 valence electrons. The zero-order chi connectivity index (χ0) is 8.69. The quantitative estimate of drug-likeness (QED) is 0.460. The van der Waals surface area contributed by atoms with Gasteiger partial charge in [-0.2, -0.15) is 0 Å². The van der Waals surface area contributed by atoms with Crippen molar-refractivity contribution >= 4 is 6.16 Å². The van der Waals surface area contributed by atoms with E-state index in [2.05, 4.69) is 17.9 Å². The Morgan fingerprint density at radius 1 is 1.64 bits per heavy atom. The molecule has 0 aliphatic heterocycles. The minimum absolute atomic E-state index is 0.333. The van der Waals surface area contributed by atoms with Crippen molar-refractivity contribution in [1.29, 1.82) is 0 Å². The van der Waals surface area contributed by atoms with Crippen molar-refractivity contribution in [3.8, 4) is 0 Å². The summed E-state index contributed by atoms with van der Waals surface area (Å²) in [5.74, 6) is 0. The molecule has 0 saturated heterocycles. The third-order valence-corrected chi connectivity index (χ3v) is 1.08. The van der Waals surface area contributed by atoms with Crippen molar-refractivity contribution in [3.63, 3.8) is 0 Å². The second-order valence-corrected chi connectivity index (χ2v) is 1.87. The molecule has 0 spiro atoms. The van der Waals surface area contributed by atoms with Gasteiger partial charge in [-0.15, -0.1) is 6.58 Å². The van der Waals surface area contributed by atoms with Crippen LogP contribution in [0.2, 0.25) is 0 Å². The molecule has 0 aromatic carbocycles. The molecule has 0 rings (SSSR count). The second kappa shape index (κ2) is 5.53. The Balaban J connectivity index is 3.76. The van der Waals surface area contributed by atoms with Gasteiger partial charge in [0.25, 0.3) is 0 Å². The highest BCUT2D eigenvalue weighted by atomic mass is 16.7. The third kappa shape index (κ3) is 4.19. The molecule has 0 saturated carbocycles. The molecule has 0 radical (unpaired) electrons. The Morgan fingerprint density at radius 3 is 2.64 bits per heavy atom. The molecule has 0 N–H and O–H groups in total. The van der Waals surface area contributed by atoms with Crippen LogP contribution in [0, 0.1) is 0 Å². The van der Waals surface area contributed by atoms with Crippen LogP contribution in [0.15, 0.2) is 25.3 Å². The summed E-state index contributed by atoms with van der Waals surface area (Å²) in [7, 11) is 1.26. The molecule has 0 aromatic rings. The summed E-state index contributed by atoms with van der Waals surface area (Å²) in [6.07, 6.45) is 2.70. The van der Waals surface area contributed by atoms with Crippen LogP contribution in [0.25, 0.3) is 0 Å². The Bertz CT molecular complexity index is 151. The molecule has 0 aromatic heterocycles. The van der Waals surface area contributed by atoms with Crippen molar-refractivity contribution in [2.45, 2.75) is 12.5 Å². The maximum absolute atomic E-state index is 10.5. The van der Waals surface area contributed by atoms with Gasteiger partial charge >= 0.3 is 6.16 Å². The van der Waals surface area contributed by atoms with Crippen LogP contribution in [0.5, 0.6) is 0 Å². The van der Waals surface area contributed by atoms with Gasteiger partial charge in [-0.05, 0) is 0 Å². The number of rotatable bonds is 4. The van der Waals surface area contributed by atoms with E-state index in [-0.39, 0.29) is 6.10 Å². The fourth-order valence-corrected chi connectivity index (χ4v) is 0.528. The monoisotopic (exact) mass is 156 g/mol. The van der Waals surface area contributed by atoms with Crippen LogP contribution in [0.1, 0.15) is 6.42 Å². The summed E-state index contributed by atoms with van der Waals surface area (Å²) in [4.78, 5) is 10.5. The maximum atomic E-state index is 10.5. The normalized spacial score (nSPS) is 11.4. The Kier molecular flexibility index (Phi) is 4.90. The van der Waals surface area contributed by atoms with Crippen molar-refractivity contribution in [3.05, 3.63) is 25.3 Å². The second-order valence-electron chi connectivity index (χ2n) is 1.87. The minimum Gasteiger partial charge on any atom is -0.438 e. The van der Waals surface area contributed by atoms with Crippen molar-refractivity contribution < 1.29 is 14.3 Å². The molecule has 1 atom stereocenters. The lowest BCUT2D eigenvalue weighted by molar-refractivity contribution is 0.0535. The fraction of sp³-hybridized carbons (Fsp3) is 0.375. The van der Waals surface area contributed by atoms with Gasteiger partial charge in [-0.1, -0.05) is 18.7 Å². The van der Waals surface area contributed by atoms with Crippen LogP contribution < -0.4 is 0 Å². The number of methoxy groups -OCH3 is 1. The van der Waals surface area contributed by atoms with Gasteiger partial charge in [-0.3, -0.25) is 0 Å². The van der Waals surface area contributed by atoms with Crippen LogP contribution in [0.4, 0.5) is 4.79 Å². The average molecular weight is 156 g/mol. The fourth-order valence-electron chi connectivity index (χ4n) is 0.528. The Labute approximate surface area is 66.3 Å². The van der Waals surface area contributed by atoms with E-state index in [0.717, 1.165) is 0 Å². The van der Waals surface area contributed by atoms with Gasteiger partial charge < -0.3 is 9.47 Å². The lowest BCUT2D eigenvalue weighted by Gasteiger charge is -2.09. The number of carbonyl (C=O) groups is 1. The van der Waals surface area contributed by atoms with Crippen LogP contribution >= 0.6 is 0 Å². The molecule has 0 heterocycles. The Morgan fingerprint density at radius 2 is 2.27 bits per heavy atom. The first-order valence-corrected chi connectivity index (χ1v) is 3.22. The predicted molar refractivity (Wildman–Crippen MR) is 42.3 cm³/mol. The summed E-state index contributed by atoms with van der Waals surface area (Å²) in [6.45, 7) is 6.99. The minimum atomic E-state index is -0.697. The van der Waals surface area contributed by atoms with Crippen molar-refractivity contribution in [2.24, 2.45) is 0 Å². The maximum Gasteiger partial charge on any atom is 0.508 e. The van der Waals surface area contributed by atoms with Gasteiger partial charge in [0.05, 0.1) is 7.11 Å². The highest BCUT2D eigenvalue weighted by molar-refractivity contribution is 5.60. The smallest absolute Gasteiger partial charge is 0.438 e. The average Bonchev–Trinajstić information content (AvgIpc) is 2.03. The summed E-state index contributed by atoms with van der Waals surface area (Å²) in [5, 5.41) is 0. The number of ether oxygens (including phenoxy) is 2. The van der Waals surface area contributed by atoms with E-state index >= 15 is 0 Å². The molecule has 0 aliphatic rings. The molecule has 3 heteroatoms. The van der Waals surface area contributed by atoms with Gasteiger partial charge in [0, 0.05) is 6.42 Å². The first kappa shape index (κ1) is 9.75. The highest BCUT2D eigenvalue weighted by Gasteiger charge is 2.07. The van der Waals surface area contributed by atoms with E-state index in [4.69, 9.17) is 4.74 Å². The number of hydrogen-bond acceptors (Lipinski definition) is 3. The highest BCUT2D eigenvalue weighted by Crippen LogP contribution is 2.01. The molecular weight excluding hydrogens is 144 g/mol. The predicted octanol–water partition coefficient (Wildman–Crippen LogP) is 1.90. The molecular formula is C8H12O3. The van der Waals surface area contributed by atoms with E-state index in [9.17, 15) is 4.79 Å². The van der Waals surface area contributed by atoms with Crippen molar-refractivity contribution in [1.82, 2.24) is 0 Å². The summed E-state index contributed by atoms with van der Waals surface area (Å²) < 4.78 is 9.02. The van der Waals surface area contributed by atoms with E-state index in [1.807, 2.05) is 0 Å². The van der Waals surface area contributed by atoms with Crippen LogP contribution in [-0.4, -0.2) is 19.4 Å². The van der Waals surface area contributed by atoms with E-state index < -0.39 is 6.16 Å². The lowest BCUT2D eigenvalue weighted by Crippen LogP contribution is -2.14. The lowest BCUT2D eigenvalue weighted by atomic mass is 10.2. The topological polar surface area (TPSA) is 35.5 Å². The molecule has 1 unspecified atom stereocenters. The first-order chi connectivity index (χ1) is 5.24. The van der Waals surface area contributed by atoms with Gasteiger partial charge in [0.2, 0.25) is 0 Å². The zero-order valence-corrected chi connectivity index (χ0v) is 6.58. The van der Waals surface area contributed by atoms with E-state index in [1.165, 1.54) is 13.2 Å². The Hall–Kier alpha value is -1.25. The van der Waals surface area contributed by atoms with Crippen LogP contribution in [0.3, 0.4) is 0 Å². The summed E-state index contributed by atoms with van der Waals surface area (Å²) in [6, 6.07) is 0.